The number of halogens is 4. The summed E-state index contributed by atoms with van der Waals surface area (Å²) in [4.78, 5) is 14.7. The molecule has 0 heterocycles. The van der Waals surface area contributed by atoms with Gasteiger partial charge in [-0.1, -0.05) is 48.5 Å². The minimum atomic E-state index is -4.42. The van der Waals surface area contributed by atoms with E-state index in [2.05, 4.69) is 48.6 Å². The predicted molar refractivity (Wildman–Crippen MR) is 119 cm³/mol. The van der Waals surface area contributed by atoms with Crippen LogP contribution < -0.4 is 5.32 Å². The van der Waals surface area contributed by atoms with Crippen molar-refractivity contribution in [2.75, 3.05) is 14.1 Å². The maximum absolute atomic E-state index is 13.1. The highest BCUT2D eigenvalue weighted by atomic mass is 35.5. The molecule has 0 spiro atoms. The summed E-state index contributed by atoms with van der Waals surface area (Å²) in [7, 11) is 4.19. The van der Waals surface area contributed by atoms with E-state index in [0.29, 0.717) is 6.42 Å². The van der Waals surface area contributed by atoms with Crippen molar-refractivity contribution in [2.45, 2.75) is 50.4 Å². The average molecular weight is 455 g/mol. The first kappa shape index (κ1) is 25.2. The number of rotatable bonds is 6. The van der Waals surface area contributed by atoms with Crippen LogP contribution in [0.1, 0.15) is 48.8 Å². The fourth-order valence-electron chi connectivity index (χ4n) is 4.58. The van der Waals surface area contributed by atoms with Crippen LogP contribution in [0.2, 0.25) is 0 Å². The lowest BCUT2D eigenvalue weighted by Gasteiger charge is -2.45. The predicted octanol–water partition coefficient (Wildman–Crippen LogP) is 5.78. The molecule has 7 heteroatoms. The van der Waals surface area contributed by atoms with Crippen molar-refractivity contribution in [2.24, 2.45) is 5.92 Å². The van der Waals surface area contributed by atoms with Crippen molar-refractivity contribution >= 4 is 18.3 Å². The van der Waals surface area contributed by atoms with E-state index in [1.54, 1.807) is 6.07 Å². The summed E-state index contributed by atoms with van der Waals surface area (Å²) in [6, 6.07) is 15.8. The van der Waals surface area contributed by atoms with Crippen LogP contribution >= 0.6 is 12.4 Å². The summed E-state index contributed by atoms with van der Waals surface area (Å²) in [5.41, 5.74) is 0.667. The zero-order chi connectivity index (χ0) is 21.8. The molecular weight excluding hydrogens is 425 g/mol. The molecule has 2 aromatic rings. The molecule has 1 aliphatic carbocycles. The average Bonchev–Trinajstić information content (AvgIpc) is 2.73. The molecule has 1 N–H and O–H groups in total. The smallest absolute Gasteiger partial charge is 0.352 e. The second-order valence-electron chi connectivity index (χ2n) is 8.37. The highest BCUT2D eigenvalue weighted by Gasteiger charge is 2.39. The SMILES string of the molecule is CN(C)C1(c2ccccc2)CCC(CC(=O)NCc2ccccc2C(F)(F)F)CC1.Cl. The van der Waals surface area contributed by atoms with Crippen molar-refractivity contribution in [3.8, 4) is 0 Å². The zero-order valence-electron chi connectivity index (χ0n) is 17.9. The lowest BCUT2D eigenvalue weighted by atomic mass is 9.71. The molecule has 0 radical (unpaired) electrons. The van der Waals surface area contributed by atoms with Gasteiger partial charge in [0.15, 0.2) is 0 Å². The first-order valence-electron chi connectivity index (χ1n) is 10.4. The van der Waals surface area contributed by atoms with Crippen LogP contribution in [-0.4, -0.2) is 24.9 Å². The maximum atomic E-state index is 13.1. The molecule has 0 saturated heterocycles. The zero-order valence-corrected chi connectivity index (χ0v) is 18.7. The quantitative estimate of drug-likeness (QED) is 0.600. The second kappa shape index (κ2) is 10.5. The molecule has 0 aliphatic heterocycles. The summed E-state index contributed by atoms with van der Waals surface area (Å²) in [6.07, 6.45) is -0.318. The van der Waals surface area contributed by atoms with Gasteiger partial charge in [-0.15, -0.1) is 12.4 Å². The number of benzene rings is 2. The van der Waals surface area contributed by atoms with Crippen LogP contribution in [0.5, 0.6) is 0 Å². The minimum absolute atomic E-state index is 0. The molecule has 0 bridgehead atoms. The number of nitrogens with one attached hydrogen (secondary N) is 1. The van der Waals surface area contributed by atoms with Crippen molar-refractivity contribution in [3.63, 3.8) is 0 Å². The molecule has 1 aliphatic rings. The topological polar surface area (TPSA) is 32.3 Å². The van der Waals surface area contributed by atoms with Crippen LogP contribution in [0.15, 0.2) is 54.6 Å². The standard InChI is InChI=1S/C24H29F3N2O.ClH/c1-29(2)23(20-9-4-3-5-10-20)14-12-18(13-15-23)16-22(30)28-17-19-8-6-7-11-21(19)24(25,26)27;/h3-11,18H,12-17H2,1-2H3,(H,28,30);1H. The Morgan fingerprint density at radius 2 is 1.61 bits per heavy atom. The molecule has 2 aromatic carbocycles. The third-order valence-corrected chi connectivity index (χ3v) is 6.37. The summed E-state index contributed by atoms with van der Waals surface area (Å²) >= 11 is 0. The molecule has 0 unspecified atom stereocenters. The molecule has 1 amide bonds. The first-order chi connectivity index (χ1) is 14.2. The van der Waals surface area contributed by atoms with Crippen LogP contribution in [0.4, 0.5) is 13.2 Å². The Morgan fingerprint density at radius 1 is 1.03 bits per heavy atom. The highest BCUT2D eigenvalue weighted by Crippen LogP contribution is 2.43. The Morgan fingerprint density at radius 3 is 2.19 bits per heavy atom. The van der Waals surface area contributed by atoms with E-state index in [9.17, 15) is 18.0 Å². The first-order valence-corrected chi connectivity index (χ1v) is 10.4. The molecule has 1 saturated carbocycles. The van der Waals surface area contributed by atoms with Gasteiger partial charge in [-0.05, 0) is 62.9 Å². The molecule has 0 aromatic heterocycles. The van der Waals surface area contributed by atoms with E-state index >= 15 is 0 Å². The van der Waals surface area contributed by atoms with Gasteiger partial charge >= 0.3 is 6.18 Å². The summed E-state index contributed by atoms with van der Waals surface area (Å²) in [5.74, 6) is 0.0636. The number of alkyl halides is 3. The summed E-state index contributed by atoms with van der Waals surface area (Å²) < 4.78 is 39.3. The molecule has 3 nitrogen and oxygen atoms in total. The van der Waals surface area contributed by atoms with Crippen molar-refractivity contribution in [3.05, 3.63) is 71.3 Å². The monoisotopic (exact) mass is 454 g/mol. The van der Waals surface area contributed by atoms with E-state index in [1.165, 1.54) is 17.7 Å². The molecule has 170 valence electrons. The molecule has 3 rings (SSSR count). The lowest BCUT2D eigenvalue weighted by Crippen LogP contribution is -2.44. The number of hydrogen-bond donors (Lipinski definition) is 1. The van der Waals surface area contributed by atoms with Gasteiger partial charge in [0.2, 0.25) is 5.91 Å². The Kier molecular flexibility index (Phi) is 8.55. The Balaban J connectivity index is 0.00000341. The number of amides is 1. The lowest BCUT2D eigenvalue weighted by molar-refractivity contribution is -0.138. The van der Waals surface area contributed by atoms with E-state index in [1.807, 2.05) is 6.07 Å². The van der Waals surface area contributed by atoms with E-state index < -0.39 is 11.7 Å². The normalized spacial score (nSPS) is 21.4. The van der Waals surface area contributed by atoms with Gasteiger partial charge < -0.3 is 5.32 Å². The number of nitrogens with zero attached hydrogens (tertiary/aromatic N) is 1. The van der Waals surface area contributed by atoms with Crippen LogP contribution in [0.3, 0.4) is 0 Å². The second-order valence-corrected chi connectivity index (χ2v) is 8.37. The third-order valence-electron chi connectivity index (χ3n) is 6.37. The summed E-state index contributed by atoms with van der Waals surface area (Å²) in [5, 5.41) is 2.68. The number of carbonyl (C=O) groups excluding carboxylic acids is 1. The van der Waals surface area contributed by atoms with Crippen molar-refractivity contribution in [1.82, 2.24) is 10.2 Å². The van der Waals surface area contributed by atoms with Gasteiger partial charge in [-0.3, -0.25) is 9.69 Å². The van der Waals surface area contributed by atoms with Crippen LogP contribution in [-0.2, 0) is 23.1 Å². The van der Waals surface area contributed by atoms with Crippen molar-refractivity contribution in [1.29, 1.82) is 0 Å². The minimum Gasteiger partial charge on any atom is -0.352 e. The summed E-state index contributed by atoms with van der Waals surface area (Å²) in [6.45, 7) is -0.104. The van der Waals surface area contributed by atoms with Gasteiger partial charge in [0.05, 0.1) is 5.56 Å². The number of carbonyl (C=O) groups is 1. The molecule has 0 atom stereocenters. The number of hydrogen-bond acceptors (Lipinski definition) is 2. The maximum Gasteiger partial charge on any atom is 0.416 e. The third kappa shape index (κ3) is 6.01. The molecule has 1 fully saturated rings. The van der Waals surface area contributed by atoms with Gasteiger partial charge in [-0.2, -0.15) is 13.2 Å². The van der Waals surface area contributed by atoms with E-state index in [0.717, 1.165) is 31.7 Å². The van der Waals surface area contributed by atoms with Gasteiger partial charge in [0.1, 0.15) is 0 Å². The van der Waals surface area contributed by atoms with E-state index in [-0.39, 0.29) is 41.9 Å². The fourth-order valence-corrected chi connectivity index (χ4v) is 4.58. The molecule has 31 heavy (non-hydrogen) atoms. The Hall–Kier alpha value is -2.05. The van der Waals surface area contributed by atoms with Gasteiger partial charge in [-0.25, -0.2) is 0 Å². The van der Waals surface area contributed by atoms with Crippen molar-refractivity contribution < 1.29 is 18.0 Å². The molecular formula is C24H30ClF3N2O. The Labute approximate surface area is 188 Å². The van der Waals surface area contributed by atoms with E-state index in [4.69, 9.17) is 0 Å². The van der Waals surface area contributed by atoms with Gasteiger partial charge in [0.25, 0.3) is 0 Å². The highest BCUT2D eigenvalue weighted by molar-refractivity contribution is 5.85. The van der Waals surface area contributed by atoms with Gasteiger partial charge in [0, 0.05) is 18.5 Å². The Bertz CT molecular complexity index is 847. The largest absolute Gasteiger partial charge is 0.416 e. The van der Waals surface area contributed by atoms with Crippen LogP contribution in [0, 0.1) is 5.92 Å². The fraction of sp³-hybridized carbons (Fsp3) is 0.458. The van der Waals surface area contributed by atoms with Crippen LogP contribution in [0.25, 0.3) is 0 Å².